The first-order valence-corrected chi connectivity index (χ1v) is 11.4. The van der Waals surface area contributed by atoms with E-state index in [2.05, 4.69) is 17.2 Å². The van der Waals surface area contributed by atoms with Crippen LogP contribution in [0.1, 0.15) is 46.9 Å². The van der Waals surface area contributed by atoms with Gasteiger partial charge in [0.05, 0.1) is 5.39 Å². The van der Waals surface area contributed by atoms with Gasteiger partial charge in [0.1, 0.15) is 17.8 Å². The maximum absolute atomic E-state index is 13.2. The minimum absolute atomic E-state index is 0.0581. The highest BCUT2D eigenvalue weighted by molar-refractivity contribution is 5.97. The Morgan fingerprint density at radius 1 is 1.06 bits per heavy atom. The summed E-state index contributed by atoms with van der Waals surface area (Å²) in [5, 5.41) is 3.25. The number of likely N-dealkylation sites (tertiary alicyclic amines) is 1. The van der Waals surface area contributed by atoms with Crippen LogP contribution in [0.5, 0.6) is 0 Å². The number of nitrogens with zero attached hydrogens (tertiary/aromatic N) is 3. The largest absolute Gasteiger partial charge is 0.338 e. The fourth-order valence-corrected chi connectivity index (χ4v) is 4.19. The Morgan fingerprint density at radius 2 is 1.79 bits per heavy atom. The lowest BCUT2D eigenvalue weighted by Crippen LogP contribution is -2.40. The maximum atomic E-state index is 13.2. The summed E-state index contributed by atoms with van der Waals surface area (Å²) >= 11 is 0. The number of carbonyl (C=O) groups excluding carboxylic acids is 2. The van der Waals surface area contributed by atoms with Crippen LogP contribution in [0.2, 0.25) is 0 Å². The predicted molar refractivity (Wildman–Crippen MR) is 130 cm³/mol. The molecule has 0 unspecified atom stereocenters. The first-order valence-electron chi connectivity index (χ1n) is 11.4. The van der Waals surface area contributed by atoms with Gasteiger partial charge in [0, 0.05) is 30.7 Å². The average Bonchev–Trinajstić information content (AvgIpc) is 2.78. The number of hydrogen-bond donors (Lipinski definition) is 1. The van der Waals surface area contributed by atoms with Gasteiger partial charge in [-0.2, -0.15) is 0 Å². The average molecular weight is 447 g/mol. The first-order chi connectivity index (χ1) is 15.7. The predicted octanol–water partition coefficient (Wildman–Crippen LogP) is 3.83. The molecule has 0 spiro atoms. The van der Waals surface area contributed by atoms with E-state index >= 15 is 0 Å². The van der Waals surface area contributed by atoms with Crippen molar-refractivity contribution in [3.63, 3.8) is 0 Å². The molecule has 1 aromatic carbocycles. The fourth-order valence-electron chi connectivity index (χ4n) is 4.19. The quantitative estimate of drug-likeness (QED) is 0.660. The molecule has 33 heavy (non-hydrogen) atoms. The summed E-state index contributed by atoms with van der Waals surface area (Å²) in [4.78, 5) is 45.5. The normalized spacial score (nSPS) is 14.5. The zero-order valence-corrected chi connectivity index (χ0v) is 19.6. The number of pyridine rings is 2. The third-order valence-electron chi connectivity index (χ3n) is 6.47. The summed E-state index contributed by atoms with van der Waals surface area (Å²) in [5.74, 6) is 0.0398. The van der Waals surface area contributed by atoms with Crippen LogP contribution in [0.25, 0.3) is 11.0 Å². The molecule has 0 aliphatic carbocycles. The van der Waals surface area contributed by atoms with Crippen molar-refractivity contribution in [2.45, 2.75) is 47.1 Å². The Kier molecular flexibility index (Phi) is 6.31. The Balaban J connectivity index is 1.68. The summed E-state index contributed by atoms with van der Waals surface area (Å²) in [7, 11) is 0. The fraction of sp³-hybridized carbons (Fsp3) is 0.385. The Hall–Kier alpha value is -3.48. The summed E-state index contributed by atoms with van der Waals surface area (Å²) < 4.78 is 1.61. The monoisotopic (exact) mass is 446 g/mol. The molecule has 0 bridgehead atoms. The number of carbonyl (C=O) groups is 2. The number of piperidine rings is 1. The van der Waals surface area contributed by atoms with Crippen LogP contribution < -0.4 is 10.7 Å². The number of amides is 2. The van der Waals surface area contributed by atoms with Crippen LogP contribution >= 0.6 is 0 Å². The number of anilines is 1. The summed E-state index contributed by atoms with van der Waals surface area (Å²) in [5.41, 5.74) is 3.82. The molecule has 3 heterocycles. The number of benzene rings is 1. The lowest BCUT2D eigenvalue weighted by Gasteiger charge is -2.30. The Bertz CT molecular complexity index is 1290. The molecule has 3 aromatic rings. The second-order valence-corrected chi connectivity index (χ2v) is 9.15. The molecule has 0 saturated carbocycles. The molecular weight excluding hydrogens is 416 g/mol. The maximum Gasteiger partial charge on any atom is 0.259 e. The topological polar surface area (TPSA) is 84.3 Å². The van der Waals surface area contributed by atoms with Crippen LogP contribution in [0.15, 0.2) is 41.3 Å². The highest BCUT2D eigenvalue weighted by Gasteiger charge is 2.25. The molecule has 7 nitrogen and oxygen atoms in total. The summed E-state index contributed by atoms with van der Waals surface area (Å²) in [6, 6.07) is 9.18. The lowest BCUT2D eigenvalue weighted by molar-refractivity contribution is -0.116. The zero-order valence-electron chi connectivity index (χ0n) is 19.6. The van der Waals surface area contributed by atoms with Gasteiger partial charge in [-0.15, -0.1) is 0 Å². The molecule has 1 N–H and O–H groups in total. The van der Waals surface area contributed by atoms with Gasteiger partial charge >= 0.3 is 0 Å². The molecule has 0 radical (unpaired) electrons. The van der Waals surface area contributed by atoms with Crippen LogP contribution in [0.4, 0.5) is 5.69 Å². The van der Waals surface area contributed by atoms with Crippen molar-refractivity contribution in [1.82, 2.24) is 14.5 Å². The van der Waals surface area contributed by atoms with Crippen LogP contribution in [0.3, 0.4) is 0 Å². The third-order valence-corrected chi connectivity index (χ3v) is 6.47. The molecule has 1 fully saturated rings. The van der Waals surface area contributed by atoms with E-state index < -0.39 is 0 Å². The molecule has 2 amide bonds. The van der Waals surface area contributed by atoms with E-state index in [-0.39, 0.29) is 29.4 Å². The van der Waals surface area contributed by atoms with Gasteiger partial charge in [-0.05, 0) is 74.9 Å². The number of nitrogens with one attached hydrogen (secondary N) is 1. The summed E-state index contributed by atoms with van der Waals surface area (Å²) in [6.07, 6.45) is 3.34. The van der Waals surface area contributed by atoms with E-state index in [9.17, 15) is 14.4 Å². The van der Waals surface area contributed by atoms with Gasteiger partial charge in [-0.3, -0.25) is 14.4 Å². The molecule has 1 saturated heterocycles. The van der Waals surface area contributed by atoms with E-state index in [1.165, 1.54) is 6.20 Å². The number of hydrogen-bond acceptors (Lipinski definition) is 4. The SMILES string of the molecule is Cc1ccc2c(=O)c(C(=O)N3CCC(C)CC3)cn(CC(=O)Nc3ccc(C)c(C)c3)c2n1. The van der Waals surface area contributed by atoms with Gasteiger partial charge in [-0.25, -0.2) is 4.98 Å². The second-order valence-electron chi connectivity index (χ2n) is 9.15. The summed E-state index contributed by atoms with van der Waals surface area (Å²) in [6.45, 7) is 9.23. The van der Waals surface area contributed by atoms with Crippen molar-refractivity contribution in [3.05, 3.63) is 69.1 Å². The van der Waals surface area contributed by atoms with Crippen molar-refractivity contribution in [3.8, 4) is 0 Å². The van der Waals surface area contributed by atoms with Crippen LogP contribution in [-0.2, 0) is 11.3 Å². The highest BCUT2D eigenvalue weighted by atomic mass is 16.2. The number of rotatable bonds is 4. The third kappa shape index (κ3) is 4.82. The van der Waals surface area contributed by atoms with Gasteiger partial charge in [0.2, 0.25) is 11.3 Å². The molecule has 4 rings (SSSR count). The van der Waals surface area contributed by atoms with Gasteiger partial charge in [0.25, 0.3) is 5.91 Å². The van der Waals surface area contributed by atoms with Crippen molar-refractivity contribution in [2.24, 2.45) is 5.92 Å². The molecule has 7 heteroatoms. The second kappa shape index (κ2) is 9.17. The number of fused-ring (bicyclic) bond motifs is 1. The standard InChI is InChI=1S/C26H30N4O3/c1-16-9-11-29(12-10-16)26(33)22-14-30(25-21(24(22)32)8-6-19(4)27-25)15-23(31)28-20-7-5-17(2)18(3)13-20/h5-8,13-14,16H,9-12,15H2,1-4H3,(H,28,31). The Morgan fingerprint density at radius 3 is 2.48 bits per heavy atom. The number of aryl methyl sites for hydroxylation is 3. The minimum Gasteiger partial charge on any atom is -0.338 e. The van der Waals surface area contributed by atoms with Crippen molar-refractivity contribution in [2.75, 3.05) is 18.4 Å². The minimum atomic E-state index is -0.341. The van der Waals surface area contributed by atoms with E-state index in [4.69, 9.17) is 0 Å². The first kappa shape index (κ1) is 22.7. The van der Waals surface area contributed by atoms with Crippen molar-refractivity contribution < 1.29 is 9.59 Å². The van der Waals surface area contributed by atoms with Crippen LogP contribution in [-0.4, -0.2) is 39.4 Å². The number of aromatic nitrogens is 2. The van der Waals surface area contributed by atoms with Gasteiger partial charge in [-0.1, -0.05) is 13.0 Å². The molecular formula is C26H30N4O3. The molecule has 1 aliphatic rings. The molecule has 172 valence electrons. The molecule has 2 aromatic heterocycles. The molecule has 1 aliphatic heterocycles. The van der Waals surface area contributed by atoms with E-state index in [1.54, 1.807) is 21.6 Å². The smallest absolute Gasteiger partial charge is 0.259 e. The zero-order chi connectivity index (χ0) is 23.7. The highest BCUT2D eigenvalue weighted by Crippen LogP contribution is 2.19. The van der Waals surface area contributed by atoms with Crippen molar-refractivity contribution >= 4 is 28.5 Å². The molecule has 0 atom stereocenters. The van der Waals surface area contributed by atoms with E-state index in [0.717, 1.165) is 29.7 Å². The van der Waals surface area contributed by atoms with Crippen molar-refractivity contribution in [1.29, 1.82) is 0 Å². The van der Waals surface area contributed by atoms with Crippen LogP contribution in [0, 0.1) is 26.7 Å². The van der Waals surface area contributed by atoms with E-state index in [1.807, 2.05) is 39.0 Å². The Labute approximate surface area is 193 Å². The van der Waals surface area contributed by atoms with E-state index in [0.29, 0.717) is 35.7 Å². The van der Waals surface area contributed by atoms with Gasteiger partial charge < -0.3 is 14.8 Å². The lowest BCUT2D eigenvalue weighted by atomic mass is 9.98. The van der Waals surface area contributed by atoms with Gasteiger partial charge in [0.15, 0.2) is 0 Å².